The molecule has 5 heteroatoms. The fourth-order valence-electron chi connectivity index (χ4n) is 1.73. The van der Waals surface area contributed by atoms with Crippen LogP contribution in [0.1, 0.15) is 5.56 Å². The fourth-order valence-corrected chi connectivity index (χ4v) is 1.86. The minimum absolute atomic E-state index is 0.697. The lowest BCUT2D eigenvalue weighted by atomic mass is 10.2. The molecule has 0 aliphatic heterocycles. The maximum atomic E-state index is 5.86. The molecule has 0 saturated carbocycles. The summed E-state index contributed by atoms with van der Waals surface area (Å²) in [4.78, 5) is 1.44. The Balaban J connectivity index is 1.80. The Hall–Kier alpha value is -2.46. The Kier molecular flexibility index (Phi) is 3.56. The highest BCUT2D eigenvalue weighted by Gasteiger charge is 2.02. The van der Waals surface area contributed by atoms with Gasteiger partial charge < -0.3 is 0 Å². The van der Waals surface area contributed by atoms with Crippen LogP contribution in [0.4, 0.5) is 0 Å². The molecule has 0 unspecified atom stereocenters. The second-order valence-electron chi connectivity index (χ2n) is 4.19. The zero-order valence-corrected chi connectivity index (χ0v) is 11.3. The number of rotatable bonds is 3. The molecule has 2 aromatic carbocycles. The molecule has 0 aliphatic rings. The van der Waals surface area contributed by atoms with Crippen LogP contribution in [0, 0.1) is 0 Å². The van der Waals surface area contributed by atoms with Crippen LogP contribution < -0.4 is 0 Å². The fraction of sp³-hybridized carbons (Fsp3) is 0. The van der Waals surface area contributed by atoms with E-state index in [0.717, 1.165) is 16.8 Å². The van der Waals surface area contributed by atoms with Crippen molar-refractivity contribution >= 4 is 17.8 Å². The van der Waals surface area contributed by atoms with E-state index in [2.05, 4.69) is 15.4 Å². The summed E-state index contributed by atoms with van der Waals surface area (Å²) >= 11 is 5.86. The zero-order valence-electron chi connectivity index (χ0n) is 10.5. The Morgan fingerprint density at radius 2 is 1.75 bits per heavy atom. The first-order valence-electron chi connectivity index (χ1n) is 6.09. The van der Waals surface area contributed by atoms with Gasteiger partial charge in [0.15, 0.2) is 0 Å². The van der Waals surface area contributed by atoms with Crippen LogP contribution in [0.3, 0.4) is 0 Å². The van der Waals surface area contributed by atoms with Gasteiger partial charge in [0, 0.05) is 10.6 Å². The van der Waals surface area contributed by atoms with Crippen LogP contribution >= 0.6 is 11.6 Å². The van der Waals surface area contributed by atoms with Gasteiger partial charge in [-0.15, -0.1) is 9.89 Å². The van der Waals surface area contributed by atoms with E-state index in [-0.39, 0.29) is 0 Å². The van der Waals surface area contributed by atoms with E-state index < -0.39 is 0 Å². The van der Waals surface area contributed by atoms with Gasteiger partial charge in [0.25, 0.3) is 0 Å². The van der Waals surface area contributed by atoms with Crippen molar-refractivity contribution in [2.24, 2.45) is 5.10 Å². The standard InChI is InChI=1S/C15H11ClN4/c16-14-8-6-13(7-9-14)15-11-20(19-18-15)17-10-12-4-2-1-3-5-12/h1-11H/b17-10+. The van der Waals surface area contributed by atoms with Crippen molar-refractivity contribution in [2.75, 3.05) is 0 Å². The smallest absolute Gasteiger partial charge is 0.115 e. The van der Waals surface area contributed by atoms with Crippen molar-refractivity contribution in [2.45, 2.75) is 0 Å². The van der Waals surface area contributed by atoms with Crippen LogP contribution in [0.25, 0.3) is 11.3 Å². The van der Waals surface area contributed by atoms with Gasteiger partial charge in [0.1, 0.15) is 5.69 Å². The molecule has 0 N–H and O–H groups in total. The molecule has 4 nitrogen and oxygen atoms in total. The summed E-state index contributed by atoms with van der Waals surface area (Å²) in [7, 11) is 0. The van der Waals surface area contributed by atoms with Crippen LogP contribution in [0.2, 0.25) is 5.02 Å². The minimum Gasteiger partial charge on any atom is -0.157 e. The largest absolute Gasteiger partial charge is 0.157 e. The molecule has 0 amide bonds. The van der Waals surface area contributed by atoms with Crippen LogP contribution in [-0.2, 0) is 0 Å². The number of aromatic nitrogens is 3. The van der Waals surface area contributed by atoms with Crippen molar-refractivity contribution in [3.63, 3.8) is 0 Å². The third-order valence-corrected chi connectivity index (χ3v) is 3.00. The quantitative estimate of drug-likeness (QED) is 0.690. The van der Waals surface area contributed by atoms with Gasteiger partial charge in [0.05, 0.1) is 12.4 Å². The number of halogens is 1. The van der Waals surface area contributed by atoms with Crippen molar-refractivity contribution in [1.29, 1.82) is 0 Å². The predicted octanol–water partition coefficient (Wildman–Crippen LogP) is 3.48. The van der Waals surface area contributed by atoms with Gasteiger partial charge in [-0.1, -0.05) is 54.1 Å². The van der Waals surface area contributed by atoms with Gasteiger partial charge in [-0.3, -0.25) is 0 Å². The highest BCUT2D eigenvalue weighted by atomic mass is 35.5. The highest BCUT2D eigenvalue weighted by Crippen LogP contribution is 2.18. The van der Waals surface area contributed by atoms with Crippen LogP contribution in [0.15, 0.2) is 65.9 Å². The summed E-state index contributed by atoms with van der Waals surface area (Å²) in [5.74, 6) is 0. The Morgan fingerprint density at radius 1 is 1.00 bits per heavy atom. The molecule has 0 bridgehead atoms. The maximum Gasteiger partial charge on any atom is 0.115 e. The lowest BCUT2D eigenvalue weighted by Gasteiger charge is -1.94. The van der Waals surface area contributed by atoms with Gasteiger partial charge in [-0.25, -0.2) is 0 Å². The number of hydrogen-bond acceptors (Lipinski definition) is 3. The summed E-state index contributed by atoms with van der Waals surface area (Å²) in [6.45, 7) is 0. The second-order valence-corrected chi connectivity index (χ2v) is 4.62. The first kappa shape index (κ1) is 12.6. The predicted molar refractivity (Wildman–Crippen MR) is 79.9 cm³/mol. The summed E-state index contributed by atoms with van der Waals surface area (Å²) in [5, 5.41) is 13.0. The summed E-state index contributed by atoms with van der Waals surface area (Å²) in [6, 6.07) is 17.3. The molecule has 0 radical (unpaired) electrons. The molecule has 0 spiro atoms. The van der Waals surface area contributed by atoms with E-state index >= 15 is 0 Å². The molecule has 3 aromatic rings. The maximum absolute atomic E-state index is 5.86. The monoisotopic (exact) mass is 282 g/mol. The normalized spacial score (nSPS) is 11.1. The number of benzene rings is 2. The molecule has 98 valence electrons. The van der Waals surface area contributed by atoms with Crippen LogP contribution in [-0.4, -0.2) is 21.3 Å². The van der Waals surface area contributed by atoms with Gasteiger partial charge in [-0.05, 0) is 22.9 Å². The Morgan fingerprint density at radius 3 is 2.50 bits per heavy atom. The SMILES string of the molecule is Clc1ccc(-c2cn(/N=C/c3ccccc3)nn2)cc1. The molecule has 1 aromatic heterocycles. The van der Waals surface area contributed by atoms with Crippen molar-refractivity contribution in [3.8, 4) is 11.3 Å². The molecule has 0 saturated heterocycles. The molecule has 0 fully saturated rings. The second kappa shape index (κ2) is 5.67. The highest BCUT2D eigenvalue weighted by molar-refractivity contribution is 6.30. The van der Waals surface area contributed by atoms with Crippen molar-refractivity contribution in [3.05, 3.63) is 71.4 Å². The summed E-state index contributed by atoms with van der Waals surface area (Å²) < 4.78 is 0. The van der Waals surface area contributed by atoms with E-state index in [1.54, 1.807) is 12.4 Å². The lowest BCUT2D eigenvalue weighted by molar-refractivity contribution is 0.697. The Labute approximate surface area is 121 Å². The van der Waals surface area contributed by atoms with Gasteiger partial charge in [0.2, 0.25) is 0 Å². The molecule has 1 heterocycles. The number of hydrogen-bond donors (Lipinski definition) is 0. The molecular formula is C15H11ClN4. The third kappa shape index (κ3) is 2.92. The summed E-state index contributed by atoms with van der Waals surface area (Å²) in [5.41, 5.74) is 2.72. The molecule has 0 aliphatic carbocycles. The Bertz CT molecular complexity index is 717. The number of nitrogens with zero attached hydrogens (tertiary/aromatic N) is 4. The van der Waals surface area contributed by atoms with E-state index in [1.165, 1.54) is 4.79 Å². The minimum atomic E-state index is 0.697. The summed E-state index contributed by atoms with van der Waals surface area (Å²) in [6.07, 6.45) is 3.50. The van der Waals surface area contributed by atoms with Crippen LogP contribution in [0.5, 0.6) is 0 Å². The van der Waals surface area contributed by atoms with Gasteiger partial charge in [-0.2, -0.15) is 5.10 Å². The van der Waals surface area contributed by atoms with E-state index in [0.29, 0.717) is 5.02 Å². The lowest BCUT2D eigenvalue weighted by Crippen LogP contribution is -1.90. The molecule has 20 heavy (non-hydrogen) atoms. The molecule has 3 rings (SSSR count). The first-order valence-corrected chi connectivity index (χ1v) is 6.47. The van der Waals surface area contributed by atoms with E-state index in [1.807, 2.05) is 54.6 Å². The van der Waals surface area contributed by atoms with E-state index in [4.69, 9.17) is 11.6 Å². The van der Waals surface area contributed by atoms with Gasteiger partial charge >= 0.3 is 0 Å². The molecule has 0 atom stereocenters. The molecular weight excluding hydrogens is 272 g/mol. The topological polar surface area (TPSA) is 43.1 Å². The average Bonchev–Trinajstić information content (AvgIpc) is 2.96. The van der Waals surface area contributed by atoms with Crippen molar-refractivity contribution < 1.29 is 0 Å². The average molecular weight is 283 g/mol. The zero-order chi connectivity index (χ0) is 13.8. The van der Waals surface area contributed by atoms with E-state index in [9.17, 15) is 0 Å². The van der Waals surface area contributed by atoms with Crippen molar-refractivity contribution in [1.82, 2.24) is 15.1 Å². The first-order chi connectivity index (χ1) is 9.81. The third-order valence-electron chi connectivity index (χ3n) is 2.75.